The first-order chi connectivity index (χ1) is 21.0. The van der Waals surface area contributed by atoms with Crippen LogP contribution >= 0.6 is 0 Å². The van der Waals surface area contributed by atoms with E-state index >= 15 is 0 Å². The summed E-state index contributed by atoms with van der Waals surface area (Å²) in [6.07, 6.45) is -2.69. The van der Waals surface area contributed by atoms with Crippen LogP contribution in [0.15, 0.2) is 72.8 Å². The predicted octanol–water partition coefficient (Wildman–Crippen LogP) is 6.03. The maximum atomic E-state index is 14.3. The molecule has 10 heteroatoms. The SMILES string of the molecule is COc1cc(O)ccc1NC(=O)c1c(-c2ccccc2)c(-c2ccc(F)cc2)n(CCC(O)CC(O)CC(=O)O)c1C(C)C. The number of aromatic nitrogens is 1. The van der Waals surface area contributed by atoms with Crippen molar-refractivity contribution in [3.63, 3.8) is 0 Å². The highest BCUT2D eigenvalue weighted by Gasteiger charge is 2.31. The third-order valence-corrected chi connectivity index (χ3v) is 7.33. The number of nitrogens with one attached hydrogen (secondary N) is 1. The average molecular weight is 605 g/mol. The van der Waals surface area contributed by atoms with Crippen molar-refractivity contribution in [3.8, 4) is 33.9 Å². The van der Waals surface area contributed by atoms with Crippen molar-refractivity contribution in [3.05, 3.63) is 89.9 Å². The lowest BCUT2D eigenvalue weighted by molar-refractivity contribution is -0.139. The summed E-state index contributed by atoms with van der Waals surface area (Å²) in [5.74, 6) is -1.96. The molecule has 0 aliphatic heterocycles. The molecular formula is C34H37FN2O7. The summed E-state index contributed by atoms with van der Waals surface area (Å²) in [4.78, 5) is 25.3. The van der Waals surface area contributed by atoms with Crippen LogP contribution in [-0.4, -0.2) is 56.2 Å². The number of anilines is 1. The Balaban J connectivity index is 1.91. The van der Waals surface area contributed by atoms with E-state index in [0.29, 0.717) is 33.8 Å². The number of carboxylic acid groups (broad SMARTS) is 1. The normalized spacial score (nSPS) is 12.6. The number of aliphatic hydroxyl groups is 2. The maximum absolute atomic E-state index is 14.3. The number of hydrogen-bond acceptors (Lipinski definition) is 6. The number of benzene rings is 3. The van der Waals surface area contributed by atoms with Crippen LogP contribution in [0.2, 0.25) is 0 Å². The van der Waals surface area contributed by atoms with Crippen molar-refractivity contribution in [2.75, 3.05) is 12.4 Å². The number of phenolic OH excluding ortho intramolecular Hbond substituents is 1. The summed E-state index contributed by atoms with van der Waals surface area (Å²) in [5.41, 5.74) is 4.03. The van der Waals surface area contributed by atoms with E-state index in [1.807, 2.05) is 48.7 Å². The predicted molar refractivity (Wildman–Crippen MR) is 165 cm³/mol. The fraction of sp³-hybridized carbons (Fsp3) is 0.294. The largest absolute Gasteiger partial charge is 0.508 e. The molecule has 2 unspecified atom stereocenters. The molecule has 0 spiro atoms. The molecule has 0 saturated carbocycles. The van der Waals surface area contributed by atoms with Crippen LogP contribution in [0, 0.1) is 5.82 Å². The van der Waals surface area contributed by atoms with Gasteiger partial charge in [-0.05, 0) is 66.3 Å². The molecule has 44 heavy (non-hydrogen) atoms. The van der Waals surface area contributed by atoms with Crippen molar-refractivity contribution >= 4 is 17.6 Å². The molecule has 9 nitrogen and oxygen atoms in total. The fourth-order valence-electron chi connectivity index (χ4n) is 5.46. The van der Waals surface area contributed by atoms with Crippen LogP contribution in [0.1, 0.15) is 55.1 Å². The molecule has 2 atom stereocenters. The number of ether oxygens (including phenoxy) is 1. The van der Waals surface area contributed by atoms with Gasteiger partial charge in [0.05, 0.1) is 42.7 Å². The van der Waals surface area contributed by atoms with E-state index in [1.54, 1.807) is 18.2 Å². The average Bonchev–Trinajstić information content (AvgIpc) is 3.33. The summed E-state index contributed by atoms with van der Waals surface area (Å²) < 4.78 is 21.4. The second kappa shape index (κ2) is 14.2. The Hall–Kier alpha value is -4.67. The van der Waals surface area contributed by atoms with Gasteiger partial charge in [-0.25, -0.2) is 4.39 Å². The van der Waals surface area contributed by atoms with E-state index in [0.717, 1.165) is 5.56 Å². The summed E-state index contributed by atoms with van der Waals surface area (Å²) in [7, 11) is 1.43. The van der Waals surface area contributed by atoms with Gasteiger partial charge < -0.3 is 35.0 Å². The third kappa shape index (κ3) is 7.45. The number of carboxylic acids is 1. The minimum absolute atomic E-state index is 0.0236. The zero-order chi connectivity index (χ0) is 32.0. The molecule has 0 aliphatic carbocycles. The molecule has 4 aromatic rings. The molecule has 3 aromatic carbocycles. The highest BCUT2D eigenvalue weighted by molar-refractivity contribution is 6.13. The fourth-order valence-corrected chi connectivity index (χ4v) is 5.46. The van der Waals surface area contributed by atoms with Gasteiger partial charge in [0.15, 0.2) is 0 Å². The van der Waals surface area contributed by atoms with Crippen LogP contribution in [0.4, 0.5) is 10.1 Å². The summed E-state index contributed by atoms with van der Waals surface area (Å²) in [5, 5.41) is 42.7. The quantitative estimate of drug-likeness (QED) is 0.117. The molecule has 0 fully saturated rings. The van der Waals surface area contributed by atoms with Crippen LogP contribution in [0.3, 0.4) is 0 Å². The van der Waals surface area contributed by atoms with Gasteiger partial charge in [0.1, 0.15) is 17.3 Å². The van der Waals surface area contributed by atoms with Gasteiger partial charge in [-0.1, -0.05) is 44.2 Å². The number of nitrogens with zero attached hydrogens (tertiary/aromatic N) is 1. The van der Waals surface area contributed by atoms with Gasteiger partial charge in [0.2, 0.25) is 0 Å². The second-order valence-electron chi connectivity index (χ2n) is 10.9. The molecule has 0 radical (unpaired) electrons. The number of aliphatic hydroxyl groups excluding tert-OH is 2. The van der Waals surface area contributed by atoms with Gasteiger partial charge in [-0.15, -0.1) is 0 Å². The first-order valence-corrected chi connectivity index (χ1v) is 14.3. The Morgan fingerprint density at radius 3 is 2.25 bits per heavy atom. The molecule has 0 saturated heterocycles. The van der Waals surface area contributed by atoms with Crippen LogP contribution in [-0.2, 0) is 11.3 Å². The van der Waals surface area contributed by atoms with E-state index in [-0.39, 0.29) is 36.8 Å². The minimum Gasteiger partial charge on any atom is -0.508 e. The first kappa shape index (κ1) is 32.2. The number of rotatable bonds is 13. The topological polar surface area (TPSA) is 141 Å². The third-order valence-electron chi connectivity index (χ3n) is 7.33. The summed E-state index contributed by atoms with van der Waals surface area (Å²) >= 11 is 0. The van der Waals surface area contributed by atoms with Crippen LogP contribution < -0.4 is 10.1 Å². The van der Waals surface area contributed by atoms with E-state index in [4.69, 9.17) is 9.84 Å². The maximum Gasteiger partial charge on any atom is 0.305 e. The smallest absolute Gasteiger partial charge is 0.305 e. The zero-order valence-electron chi connectivity index (χ0n) is 24.8. The van der Waals surface area contributed by atoms with Gasteiger partial charge in [-0.2, -0.15) is 0 Å². The highest BCUT2D eigenvalue weighted by atomic mass is 19.1. The number of hydrogen-bond donors (Lipinski definition) is 5. The molecule has 1 amide bonds. The van der Waals surface area contributed by atoms with Crippen molar-refractivity contribution in [2.45, 2.75) is 57.8 Å². The number of aromatic hydroxyl groups is 1. The van der Waals surface area contributed by atoms with E-state index < -0.39 is 36.3 Å². The van der Waals surface area contributed by atoms with Gasteiger partial charge in [0.25, 0.3) is 5.91 Å². The monoisotopic (exact) mass is 604 g/mol. The number of carbonyl (C=O) groups is 2. The number of carbonyl (C=O) groups excluding carboxylic acids is 1. The van der Waals surface area contributed by atoms with Crippen LogP contribution in [0.5, 0.6) is 11.5 Å². The Morgan fingerprint density at radius 1 is 0.955 bits per heavy atom. The van der Waals surface area contributed by atoms with Gasteiger partial charge in [0, 0.05) is 23.9 Å². The van der Waals surface area contributed by atoms with Gasteiger partial charge >= 0.3 is 5.97 Å². The Bertz CT molecular complexity index is 1600. The van der Waals surface area contributed by atoms with Crippen molar-refractivity contribution in [2.24, 2.45) is 0 Å². The van der Waals surface area contributed by atoms with E-state index in [1.165, 1.54) is 31.4 Å². The Morgan fingerprint density at radius 2 is 1.64 bits per heavy atom. The molecule has 0 bridgehead atoms. The molecule has 232 valence electrons. The summed E-state index contributed by atoms with van der Waals surface area (Å²) in [6.45, 7) is 4.11. The first-order valence-electron chi connectivity index (χ1n) is 14.3. The number of amides is 1. The number of halogens is 1. The lowest BCUT2D eigenvalue weighted by Gasteiger charge is -2.20. The molecule has 5 N–H and O–H groups in total. The summed E-state index contributed by atoms with van der Waals surface area (Å²) in [6, 6.07) is 19.7. The lowest BCUT2D eigenvalue weighted by atomic mass is 9.94. The zero-order valence-corrected chi connectivity index (χ0v) is 24.8. The van der Waals surface area contributed by atoms with Crippen molar-refractivity contribution in [1.29, 1.82) is 0 Å². The van der Waals surface area contributed by atoms with Crippen LogP contribution in [0.25, 0.3) is 22.4 Å². The minimum atomic E-state index is -1.21. The second-order valence-corrected chi connectivity index (χ2v) is 10.9. The molecule has 1 aromatic heterocycles. The molecule has 4 rings (SSSR count). The Kier molecular flexibility index (Phi) is 10.4. The van der Waals surface area contributed by atoms with Crippen molar-refractivity contribution < 1.29 is 39.1 Å². The standard InChI is InChI=1S/C34H37FN2O7/c1-20(2)32-31(34(43)36-27-14-13-24(38)18-28(27)44-3)30(21-7-5-4-6-8-21)33(22-9-11-23(35)12-10-22)37(32)16-15-25(39)17-26(40)19-29(41)42/h4-14,18,20,25-26,38-40H,15-17,19H2,1-3H3,(H,36,43)(H,41,42). The molecule has 1 heterocycles. The van der Waals surface area contributed by atoms with E-state index in [2.05, 4.69) is 5.32 Å². The lowest BCUT2D eigenvalue weighted by Crippen LogP contribution is -2.22. The van der Waals surface area contributed by atoms with Crippen molar-refractivity contribution in [1.82, 2.24) is 4.57 Å². The number of methoxy groups -OCH3 is 1. The Labute approximate surface area is 255 Å². The molecular weight excluding hydrogens is 567 g/mol. The van der Waals surface area contributed by atoms with Gasteiger partial charge in [-0.3, -0.25) is 9.59 Å². The highest BCUT2D eigenvalue weighted by Crippen LogP contribution is 2.43. The number of aliphatic carboxylic acids is 1. The number of phenols is 1. The molecule has 0 aliphatic rings. The van der Waals surface area contributed by atoms with E-state index in [9.17, 15) is 29.3 Å².